The molecule has 5 rings (SSSR count). The smallest absolute Gasteiger partial charge is 0.140 e. The zero-order valence-electron chi connectivity index (χ0n) is 16.3. The number of rotatable bonds is 5. The Morgan fingerprint density at radius 1 is 1.21 bits per heavy atom. The maximum atomic E-state index is 6.28. The maximum Gasteiger partial charge on any atom is 0.140 e. The number of ether oxygens (including phenoxy) is 2. The lowest BCUT2D eigenvalue weighted by Gasteiger charge is -2.22. The minimum Gasteiger partial charge on any atom is -0.496 e. The molecular weight excluding hydrogens is 352 g/mol. The van der Waals surface area contributed by atoms with Crippen LogP contribution >= 0.6 is 0 Å². The van der Waals surface area contributed by atoms with Crippen LogP contribution < -0.4 is 4.74 Å². The van der Waals surface area contributed by atoms with Crippen LogP contribution in [0.25, 0.3) is 11.4 Å². The second-order valence-electron chi connectivity index (χ2n) is 7.95. The quantitative estimate of drug-likeness (QED) is 0.671. The Bertz CT molecular complexity index is 941. The highest BCUT2D eigenvalue weighted by atomic mass is 16.5. The van der Waals surface area contributed by atoms with Gasteiger partial charge in [-0.2, -0.15) is 5.10 Å². The average molecular weight is 378 g/mol. The van der Waals surface area contributed by atoms with Gasteiger partial charge in [0.05, 0.1) is 31.9 Å². The van der Waals surface area contributed by atoms with Gasteiger partial charge in [0.2, 0.25) is 0 Å². The number of methoxy groups -OCH3 is 1. The molecule has 2 aromatic heterocycles. The zero-order valence-corrected chi connectivity index (χ0v) is 16.3. The van der Waals surface area contributed by atoms with Crippen LogP contribution in [0.3, 0.4) is 0 Å². The summed E-state index contributed by atoms with van der Waals surface area (Å²) in [6.07, 6.45) is 13.8. The molecule has 0 bridgehead atoms. The van der Waals surface area contributed by atoms with Crippen LogP contribution in [-0.4, -0.2) is 38.6 Å². The highest BCUT2D eigenvalue weighted by Gasteiger charge is 2.43. The predicted molar refractivity (Wildman–Crippen MR) is 106 cm³/mol. The number of benzene rings is 1. The Kier molecular flexibility index (Phi) is 4.43. The summed E-state index contributed by atoms with van der Waals surface area (Å²) in [6, 6.07) is 8.57. The molecule has 1 saturated carbocycles. The number of imidazole rings is 1. The van der Waals surface area contributed by atoms with Crippen molar-refractivity contribution in [1.29, 1.82) is 0 Å². The minimum absolute atomic E-state index is 0.108. The summed E-state index contributed by atoms with van der Waals surface area (Å²) in [6.45, 7) is 1.44. The molecule has 1 aromatic carbocycles. The topological polar surface area (TPSA) is 54.1 Å². The highest BCUT2D eigenvalue weighted by Crippen LogP contribution is 2.45. The van der Waals surface area contributed by atoms with Crippen molar-refractivity contribution in [2.45, 2.75) is 50.3 Å². The second-order valence-corrected chi connectivity index (χ2v) is 7.95. The van der Waals surface area contributed by atoms with Crippen molar-refractivity contribution in [2.24, 2.45) is 0 Å². The molecular formula is C22H26N4O2. The Morgan fingerprint density at radius 3 is 2.89 bits per heavy atom. The lowest BCUT2D eigenvalue weighted by molar-refractivity contribution is 0.00960. The molecule has 6 heteroatoms. The zero-order chi connectivity index (χ0) is 19.0. The Balaban J connectivity index is 1.45. The molecule has 146 valence electrons. The Labute approximate surface area is 165 Å². The summed E-state index contributed by atoms with van der Waals surface area (Å²) in [4.78, 5) is 4.68. The van der Waals surface area contributed by atoms with Gasteiger partial charge >= 0.3 is 0 Å². The van der Waals surface area contributed by atoms with Crippen molar-refractivity contribution in [3.05, 3.63) is 54.6 Å². The maximum absolute atomic E-state index is 6.28. The van der Waals surface area contributed by atoms with Gasteiger partial charge in [-0.15, -0.1) is 0 Å². The largest absolute Gasteiger partial charge is 0.496 e. The molecule has 1 spiro atoms. The van der Waals surface area contributed by atoms with Crippen molar-refractivity contribution in [1.82, 2.24) is 19.3 Å². The van der Waals surface area contributed by atoms with E-state index in [4.69, 9.17) is 9.47 Å². The van der Waals surface area contributed by atoms with E-state index in [2.05, 4.69) is 33.0 Å². The standard InChI is InChI=1S/C22H26N4O2/c1-27-20-6-5-17(13-18(20)15-25-11-4-9-24-25)21-23-10-12-26(21)19-14-22(28-16-19)7-2-3-8-22/h4-6,9-13,19H,2-3,7-8,14-16H2,1H3/t19-/m0/s1. The van der Waals surface area contributed by atoms with Crippen LogP contribution in [0.2, 0.25) is 0 Å². The Hall–Kier alpha value is -2.60. The molecule has 1 atom stereocenters. The fourth-order valence-electron chi connectivity index (χ4n) is 4.81. The van der Waals surface area contributed by atoms with Gasteiger partial charge in [0.1, 0.15) is 11.6 Å². The van der Waals surface area contributed by atoms with E-state index in [1.54, 1.807) is 13.3 Å². The van der Waals surface area contributed by atoms with Gasteiger partial charge in [0.25, 0.3) is 0 Å². The third-order valence-corrected chi connectivity index (χ3v) is 6.20. The van der Waals surface area contributed by atoms with Gasteiger partial charge in [-0.25, -0.2) is 4.98 Å². The van der Waals surface area contributed by atoms with E-state index in [1.807, 2.05) is 29.2 Å². The van der Waals surface area contributed by atoms with Crippen molar-refractivity contribution < 1.29 is 9.47 Å². The van der Waals surface area contributed by atoms with Crippen molar-refractivity contribution >= 4 is 0 Å². The van der Waals surface area contributed by atoms with Gasteiger partial charge in [-0.05, 0) is 43.5 Å². The summed E-state index contributed by atoms with van der Waals surface area (Å²) in [5.41, 5.74) is 2.30. The Morgan fingerprint density at radius 2 is 2.11 bits per heavy atom. The van der Waals surface area contributed by atoms with Crippen LogP contribution in [-0.2, 0) is 11.3 Å². The second kappa shape index (κ2) is 7.09. The van der Waals surface area contributed by atoms with Crippen LogP contribution in [0.1, 0.15) is 43.7 Å². The fourth-order valence-corrected chi connectivity index (χ4v) is 4.81. The van der Waals surface area contributed by atoms with E-state index in [0.717, 1.165) is 35.7 Å². The van der Waals surface area contributed by atoms with Crippen molar-refractivity contribution in [3.8, 4) is 17.1 Å². The molecule has 2 fully saturated rings. The number of hydrogen-bond donors (Lipinski definition) is 0. The third kappa shape index (κ3) is 3.11. The average Bonchev–Trinajstić information content (AvgIpc) is 3.51. The summed E-state index contributed by atoms with van der Waals surface area (Å²) in [5, 5.41) is 4.32. The lowest BCUT2D eigenvalue weighted by atomic mass is 9.96. The van der Waals surface area contributed by atoms with E-state index in [-0.39, 0.29) is 5.60 Å². The molecule has 0 radical (unpaired) electrons. The normalized spacial score (nSPS) is 20.8. The third-order valence-electron chi connectivity index (χ3n) is 6.20. The molecule has 6 nitrogen and oxygen atoms in total. The summed E-state index contributed by atoms with van der Waals surface area (Å²) < 4.78 is 16.1. The van der Waals surface area contributed by atoms with E-state index < -0.39 is 0 Å². The molecule has 3 aromatic rings. The molecule has 28 heavy (non-hydrogen) atoms. The fraction of sp³-hybridized carbons (Fsp3) is 0.455. The van der Waals surface area contributed by atoms with E-state index in [1.165, 1.54) is 25.7 Å². The van der Waals surface area contributed by atoms with Crippen LogP contribution in [0.15, 0.2) is 49.1 Å². The summed E-state index contributed by atoms with van der Waals surface area (Å²) in [5.74, 6) is 1.86. The van der Waals surface area contributed by atoms with Gasteiger partial charge in [-0.3, -0.25) is 4.68 Å². The first-order valence-corrected chi connectivity index (χ1v) is 10.1. The van der Waals surface area contributed by atoms with Gasteiger partial charge in [0, 0.05) is 35.9 Å². The van der Waals surface area contributed by atoms with E-state index in [0.29, 0.717) is 12.6 Å². The molecule has 0 amide bonds. The molecule has 1 aliphatic heterocycles. The van der Waals surface area contributed by atoms with E-state index >= 15 is 0 Å². The highest BCUT2D eigenvalue weighted by molar-refractivity contribution is 5.59. The van der Waals surface area contributed by atoms with Gasteiger partial charge < -0.3 is 14.0 Å². The van der Waals surface area contributed by atoms with Gasteiger partial charge in [0.15, 0.2) is 0 Å². The SMILES string of the molecule is COc1ccc(-c2nccn2[C@@H]2COC3(CCCC3)C2)cc1Cn1cccn1. The van der Waals surface area contributed by atoms with Crippen molar-refractivity contribution in [3.63, 3.8) is 0 Å². The van der Waals surface area contributed by atoms with Gasteiger partial charge in [-0.1, -0.05) is 12.8 Å². The number of aromatic nitrogens is 4. The summed E-state index contributed by atoms with van der Waals surface area (Å²) in [7, 11) is 1.71. The van der Waals surface area contributed by atoms with Crippen LogP contribution in [0.5, 0.6) is 5.75 Å². The molecule has 3 heterocycles. The molecule has 0 N–H and O–H groups in total. The van der Waals surface area contributed by atoms with Crippen LogP contribution in [0, 0.1) is 0 Å². The molecule has 1 aliphatic carbocycles. The monoisotopic (exact) mass is 378 g/mol. The first-order valence-electron chi connectivity index (χ1n) is 10.1. The number of nitrogens with zero attached hydrogens (tertiary/aromatic N) is 4. The number of hydrogen-bond acceptors (Lipinski definition) is 4. The molecule has 1 saturated heterocycles. The van der Waals surface area contributed by atoms with Crippen LogP contribution in [0.4, 0.5) is 0 Å². The van der Waals surface area contributed by atoms with E-state index in [9.17, 15) is 0 Å². The predicted octanol–water partition coefficient (Wildman–Crippen LogP) is 4.08. The summed E-state index contributed by atoms with van der Waals surface area (Å²) >= 11 is 0. The lowest BCUT2D eigenvalue weighted by Crippen LogP contribution is -2.23. The molecule has 0 unspecified atom stereocenters. The first kappa shape index (κ1) is 17.5. The molecule has 2 aliphatic rings. The van der Waals surface area contributed by atoms with Crippen molar-refractivity contribution in [2.75, 3.05) is 13.7 Å². The minimum atomic E-state index is 0.108. The first-order chi connectivity index (χ1) is 13.8.